The van der Waals surface area contributed by atoms with E-state index in [0.29, 0.717) is 0 Å². The number of rotatable bonds is 1. The summed E-state index contributed by atoms with van der Waals surface area (Å²) in [5.41, 5.74) is 4.14. The van der Waals surface area contributed by atoms with Crippen molar-refractivity contribution in [2.75, 3.05) is 31.1 Å². The van der Waals surface area contributed by atoms with E-state index in [9.17, 15) is 0 Å². The van der Waals surface area contributed by atoms with E-state index in [-0.39, 0.29) is 0 Å². The first-order valence-electron chi connectivity index (χ1n) is 7.40. The maximum absolute atomic E-state index is 5.54. The molecule has 3 rings (SSSR count). The zero-order chi connectivity index (χ0) is 15.1. The van der Waals surface area contributed by atoms with Gasteiger partial charge in [-0.05, 0) is 37.6 Å². The van der Waals surface area contributed by atoms with Crippen LogP contribution < -0.4 is 10.2 Å². The van der Waals surface area contributed by atoms with E-state index >= 15 is 0 Å². The van der Waals surface area contributed by atoms with Gasteiger partial charge >= 0.3 is 0 Å². The Hall–Kier alpha value is -1.51. The topological polar surface area (TPSA) is 15.3 Å². The molecule has 0 atom stereocenters. The SMILES string of the molecule is Cc1ccc(N2CCNCC2)c(C)c1.Clc1ccccc1. The average Bonchev–Trinajstić information content (AvgIpc) is 2.49. The molecular weight excluding hydrogens is 280 g/mol. The molecule has 1 aliphatic rings. The Morgan fingerprint density at radius 2 is 1.62 bits per heavy atom. The summed E-state index contributed by atoms with van der Waals surface area (Å²) >= 11 is 5.54. The van der Waals surface area contributed by atoms with E-state index in [0.717, 1.165) is 31.2 Å². The van der Waals surface area contributed by atoms with Gasteiger partial charge in [0.15, 0.2) is 0 Å². The number of aryl methyl sites for hydroxylation is 2. The molecule has 3 heteroatoms. The van der Waals surface area contributed by atoms with E-state index in [2.05, 4.69) is 42.3 Å². The number of nitrogens with one attached hydrogen (secondary N) is 1. The standard InChI is InChI=1S/C12H18N2.C6H5Cl/c1-10-3-4-12(11(2)9-10)14-7-5-13-6-8-14;7-6-4-2-1-3-5-6/h3-4,9,13H,5-8H2,1-2H3;1-5H. The minimum absolute atomic E-state index is 0.794. The predicted molar refractivity (Wildman–Crippen MR) is 92.5 cm³/mol. The molecule has 1 saturated heterocycles. The highest BCUT2D eigenvalue weighted by Crippen LogP contribution is 2.21. The summed E-state index contributed by atoms with van der Waals surface area (Å²) in [5, 5.41) is 4.17. The van der Waals surface area contributed by atoms with Crippen LogP contribution in [0, 0.1) is 13.8 Å². The zero-order valence-corrected chi connectivity index (χ0v) is 13.5. The first-order chi connectivity index (χ1) is 10.2. The predicted octanol–water partition coefficient (Wildman–Crippen LogP) is 4.05. The number of hydrogen-bond acceptors (Lipinski definition) is 2. The number of anilines is 1. The molecule has 2 nitrogen and oxygen atoms in total. The third-order valence-electron chi connectivity index (χ3n) is 3.54. The van der Waals surface area contributed by atoms with Crippen molar-refractivity contribution in [3.8, 4) is 0 Å². The van der Waals surface area contributed by atoms with Gasteiger partial charge in [-0.25, -0.2) is 0 Å². The summed E-state index contributed by atoms with van der Waals surface area (Å²) in [7, 11) is 0. The third-order valence-corrected chi connectivity index (χ3v) is 3.80. The monoisotopic (exact) mass is 302 g/mol. The fraction of sp³-hybridized carbons (Fsp3) is 0.333. The van der Waals surface area contributed by atoms with Crippen molar-refractivity contribution in [2.24, 2.45) is 0 Å². The van der Waals surface area contributed by atoms with Crippen LogP contribution in [0.3, 0.4) is 0 Å². The van der Waals surface area contributed by atoms with E-state index in [1.807, 2.05) is 30.3 Å². The molecule has 0 amide bonds. The van der Waals surface area contributed by atoms with Crippen LogP contribution >= 0.6 is 11.6 Å². The van der Waals surface area contributed by atoms with Crippen LogP contribution in [-0.2, 0) is 0 Å². The van der Waals surface area contributed by atoms with E-state index in [1.54, 1.807) is 0 Å². The summed E-state index contributed by atoms with van der Waals surface area (Å²) < 4.78 is 0. The van der Waals surface area contributed by atoms with Crippen LogP contribution in [0.1, 0.15) is 11.1 Å². The van der Waals surface area contributed by atoms with Crippen LogP contribution in [0.4, 0.5) is 5.69 Å². The molecule has 1 aliphatic heterocycles. The van der Waals surface area contributed by atoms with Gasteiger partial charge in [-0.3, -0.25) is 0 Å². The fourth-order valence-corrected chi connectivity index (χ4v) is 2.63. The smallest absolute Gasteiger partial charge is 0.0405 e. The number of nitrogens with zero attached hydrogens (tertiary/aromatic N) is 1. The quantitative estimate of drug-likeness (QED) is 0.855. The lowest BCUT2D eigenvalue weighted by Gasteiger charge is -2.30. The molecule has 0 saturated carbocycles. The molecule has 21 heavy (non-hydrogen) atoms. The van der Waals surface area contributed by atoms with Crippen LogP contribution in [0.15, 0.2) is 48.5 Å². The zero-order valence-electron chi connectivity index (χ0n) is 12.8. The van der Waals surface area contributed by atoms with Gasteiger partial charge < -0.3 is 10.2 Å². The molecule has 0 spiro atoms. The van der Waals surface area contributed by atoms with Crippen molar-refractivity contribution in [2.45, 2.75) is 13.8 Å². The number of hydrogen-bond donors (Lipinski definition) is 1. The van der Waals surface area contributed by atoms with Crippen LogP contribution in [0.5, 0.6) is 0 Å². The van der Waals surface area contributed by atoms with Gasteiger partial charge in [0.25, 0.3) is 0 Å². The summed E-state index contributed by atoms with van der Waals surface area (Å²) in [6.45, 7) is 8.81. The van der Waals surface area contributed by atoms with E-state index in [1.165, 1.54) is 16.8 Å². The minimum atomic E-state index is 0.794. The molecule has 1 fully saturated rings. The van der Waals surface area contributed by atoms with Gasteiger partial charge in [0, 0.05) is 36.9 Å². The van der Waals surface area contributed by atoms with Crippen molar-refractivity contribution in [3.63, 3.8) is 0 Å². The van der Waals surface area contributed by atoms with Gasteiger partial charge in [0.1, 0.15) is 0 Å². The van der Waals surface area contributed by atoms with Crippen molar-refractivity contribution in [1.82, 2.24) is 5.32 Å². The molecule has 0 bridgehead atoms. The minimum Gasteiger partial charge on any atom is -0.369 e. The fourth-order valence-electron chi connectivity index (χ4n) is 2.48. The summed E-state index contributed by atoms with van der Waals surface area (Å²) in [4.78, 5) is 2.46. The van der Waals surface area contributed by atoms with Gasteiger partial charge in [-0.1, -0.05) is 47.5 Å². The second kappa shape index (κ2) is 8.06. The summed E-state index contributed by atoms with van der Waals surface area (Å²) in [6, 6.07) is 16.2. The lowest BCUT2D eigenvalue weighted by molar-refractivity contribution is 0.588. The van der Waals surface area contributed by atoms with Crippen LogP contribution in [0.2, 0.25) is 5.02 Å². The molecule has 2 aromatic rings. The molecular formula is C18H23ClN2. The first kappa shape index (κ1) is 15.9. The maximum Gasteiger partial charge on any atom is 0.0405 e. The largest absolute Gasteiger partial charge is 0.369 e. The van der Waals surface area contributed by atoms with Crippen molar-refractivity contribution >= 4 is 17.3 Å². The Balaban J connectivity index is 0.000000194. The Morgan fingerprint density at radius 1 is 0.952 bits per heavy atom. The van der Waals surface area contributed by atoms with E-state index in [4.69, 9.17) is 11.6 Å². The van der Waals surface area contributed by atoms with E-state index < -0.39 is 0 Å². The molecule has 1 N–H and O–H groups in total. The highest BCUT2D eigenvalue weighted by atomic mass is 35.5. The lowest BCUT2D eigenvalue weighted by atomic mass is 10.1. The number of halogens is 1. The average molecular weight is 303 g/mol. The number of piperazine rings is 1. The van der Waals surface area contributed by atoms with Gasteiger partial charge in [0.05, 0.1) is 0 Å². The third kappa shape index (κ3) is 5.07. The second-order valence-corrected chi connectivity index (χ2v) is 5.76. The van der Waals surface area contributed by atoms with Gasteiger partial charge in [0.2, 0.25) is 0 Å². The molecule has 112 valence electrons. The molecule has 2 aromatic carbocycles. The Morgan fingerprint density at radius 3 is 2.14 bits per heavy atom. The summed E-state index contributed by atoms with van der Waals surface area (Å²) in [5.74, 6) is 0. The van der Waals surface area contributed by atoms with Crippen molar-refractivity contribution in [1.29, 1.82) is 0 Å². The Labute approximate surface area is 132 Å². The lowest BCUT2D eigenvalue weighted by Crippen LogP contribution is -2.43. The highest BCUT2D eigenvalue weighted by Gasteiger charge is 2.11. The maximum atomic E-state index is 5.54. The first-order valence-corrected chi connectivity index (χ1v) is 7.78. The molecule has 0 aromatic heterocycles. The van der Waals surface area contributed by atoms with Crippen molar-refractivity contribution in [3.05, 3.63) is 64.7 Å². The molecule has 1 heterocycles. The van der Waals surface area contributed by atoms with Gasteiger partial charge in [-0.2, -0.15) is 0 Å². The van der Waals surface area contributed by atoms with Gasteiger partial charge in [-0.15, -0.1) is 0 Å². The summed E-state index contributed by atoms with van der Waals surface area (Å²) in [6.07, 6.45) is 0. The Kier molecular flexibility index (Phi) is 6.09. The van der Waals surface area contributed by atoms with Crippen LogP contribution in [-0.4, -0.2) is 26.2 Å². The highest BCUT2D eigenvalue weighted by molar-refractivity contribution is 6.30. The van der Waals surface area contributed by atoms with Crippen molar-refractivity contribution < 1.29 is 0 Å². The molecule has 0 aliphatic carbocycles. The second-order valence-electron chi connectivity index (χ2n) is 5.32. The normalized spacial score (nSPS) is 14.3. The molecule has 0 radical (unpaired) electrons. The molecule has 0 unspecified atom stereocenters. The number of benzene rings is 2. The Bertz CT molecular complexity index is 548. The van der Waals surface area contributed by atoms with Crippen LogP contribution in [0.25, 0.3) is 0 Å².